The van der Waals surface area contributed by atoms with E-state index in [0.29, 0.717) is 5.56 Å². The molecule has 1 aliphatic heterocycles. The molecule has 5 heteroatoms. The maximum Gasteiger partial charge on any atom is 0.236 e. The number of ketones is 1. The van der Waals surface area contributed by atoms with E-state index in [4.69, 9.17) is 0 Å². The number of likely N-dealkylation sites (tertiary alicyclic amines) is 1. The molecule has 0 N–H and O–H groups in total. The topological polar surface area (TPSA) is 54.5 Å². The normalized spacial score (nSPS) is 20.7. The molecule has 116 valence electrons. The standard InChI is InChI=1S/C17H18FNO3/c18-13-6-4-12(5-7-13)14(20)11-19-15(21)10-17(16(19)22)8-2-1-3-9-17/h4-7H,1-3,8-11H2. The lowest BCUT2D eigenvalue weighted by molar-refractivity contribution is -0.141. The summed E-state index contributed by atoms with van der Waals surface area (Å²) >= 11 is 0. The minimum Gasteiger partial charge on any atom is -0.292 e. The Balaban J connectivity index is 1.74. The molecule has 0 atom stereocenters. The number of carbonyl (C=O) groups is 3. The molecule has 1 aliphatic carbocycles. The van der Waals surface area contributed by atoms with E-state index in [9.17, 15) is 18.8 Å². The van der Waals surface area contributed by atoms with Crippen molar-refractivity contribution in [3.63, 3.8) is 0 Å². The van der Waals surface area contributed by atoms with Crippen LogP contribution in [0.3, 0.4) is 0 Å². The molecule has 2 aliphatic rings. The van der Waals surface area contributed by atoms with E-state index >= 15 is 0 Å². The zero-order chi connectivity index (χ0) is 15.7. The average Bonchev–Trinajstić information content (AvgIpc) is 2.73. The largest absolute Gasteiger partial charge is 0.292 e. The summed E-state index contributed by atoms with van der Waals surface area (Å²) in [7, 11) is 0. The van der Waals surface area contributed by atoms with E-state index in [-0.39, 0.29) is 30.6 Å². The Morgan fingerprint density at radius 2 is 1.73 bits per heavy atom. The van der Waals surface area contributed by atoms with Crippen LogP contribution in [0.25, 0.3) is 0 Å². The molecular formula is C17H18FNO3. The lowest BCUT2D eigenvalue weighted by Gasteiger charge is -2.30. The molecule has 1 saturated carbocycles. The van der Waals surface area contributed by atoms with Crippen molar-refractivity contribution in [2.45, 2.75) is 38.5 Å². The fourth-order valence-corrected chi connectivity index (χ4v) is 3.51. The SMILES string of the molecule is O=C(CN1C(=O)CC2(CCCCC2)C1=O)c1ccc(F)cc1. The first-order chi connectivity index (χ1) is 10.5. The monoisotopic (exact) mass is 303 g/mol. The number of rotatable bonds is 3. The van der Waals surface area contributed by atoms with Crippen molar-refractivity contribution in [1.82, 2.24) is 4.90 Å². The Kier molecular flexibility index (Phi) is 3.81. The summed E-state index contributed by atoms with van der Waals surface area (Å²) < 4.78 is 12.9. The van der Waals surface area contributed by atoms with Crippen molar-refractivity contribution in [2.75, 3.05) is 6.54 Å². The van der Waals surface area contributed by atoms with Crippen LogP contribution in [0.15, 0.2) is 24.3 Å². The summed E-state index contributed by atoms with van der Waals surface area (Å²) in [5.41, 5.74) is -0.259. The highest BCUT2D eigenvalue weighted by Crippen LogP contribution is 2.45. The fraction of sp³-hybridized carbons (Fsp3) is 0.471. The predicted octanol–water partition coefficient (Wildman–Crippen LogP) is 2.72. The van der Waals surface area contributed by atoms with Crippen LogP contribution in [0.5, 0.6) is 0 Å². The van der Waals surface area contributed by atoms with Crippen LogP contribution in [0.1, 0.15) is 48.9 Å². The third-order valence-corrected chi connectivity index (χ3v) is 4.77. The summed E-state index contributed by atoms with van der Waals surface area (Å²) in [5, 5.41) is 0. The summed E-state index contributed by atoms with van der Waals surface area (Å²) in [6, 6.07) is 5.14. The van der Waals surface area contributed by atoms with Gasteiger partial charge < -0.3 is 0 Å². The van der Waals surface area contributed by atoms with Gasteiger partial charge >= 0.3 is 0 Å². The van der Waals surface area contributed by atoms with Gasteiger partial charge in [0, 0.05) is 12.0 Å². The molecule has 0 radical (unpaired) electrons. The maximum absolute atomic E-state index is 12.9. The molecule has 0 bridgehead atoms. The van der Waals surface area contributed by atoms with Crippen LogP contribution < -0.4 is 0 Å². The van der Waals surface area contributed by atoms with Crippen LogP contribution in [0, 0.1) is 11.2 Å². The first-order valence-electron chi connectivity index (χ1n) is 7.65. The van der Waals surface area contributed by atoms with Gasteiger partial charge in [-0.2, -0.15) is 0 Å². The van der Waals surface area contributed by atoms with Gasteiger partial charge in [-0.15, -0.1) is 0 Å². The quantitative estimate of drug-likeness (QED) is 0.637. The lowest BCUT2D eigenvalue weighted by atomic mass is 9.73. The van der Waals surface area contributed by atoms with Gasteiger partial charge in [-0.1, -0.05) is 19.3 Å². The van der Waals surface area contributed by atoms with Crippen LogP contribution >= 0.6 is 0 Å². The van der Waals surface area contributed by atoms with Gasteiger partial charge in [0.15, 0.2) is 5.78 Å². The Morgan fingerprint density at radius 3 is 2.36 bits per heavy atom. The minimum absolute atomic E-state index is 0.201. The van der Waals surface area contributed by atoms with Crippen molar-refractivity contribution in [2.24, 2.45) is 5.41 Å². The highest BCUT2D eigenvalue weighted by atomic mass is 19.1. The van der Waals surface area contributed by atoms with Crippen LogP contribution in [-0.2, 0) is 9.59 Å². The number of benzene rings is 1. The van der Waals surface area contributed by atoms with Crippen molar-refractivity contribution in [3.8, 4) is 0 Å². The van der Waals surface area contributed by atoms with Gasteiger partial charge in [0.25, 0.3) is 0 Å². The van der Waals surface area contributed by atoms with E-state index in [2.05, 4.69) is 0 Å². The highest BCUT2D eigenvalue weighted by molar-refractivity contribution is 6.10. The highest BCUT2D eigenvalue weighted by Gasteiger charge is 2.51. The molecule has 22 heavy (non-hydrogen) atoms. The van der Waals surface area contributed by atoms with E-state index in [0.717, 1.165) is 37.0 Å². The second-order valence-electron chi connectivity index (χ2n) is 6.23. The molecule has 1 saturated heterocycles. The molecule has 3 rings (SSSR count). The van der Waals surface area contributed by atoms with Crippen molar-refractivity contribution in [3.05, 3.63) is 35.6 Å². The Labute approximate surface area is 128 Å². The third-order valence-electron chi connectivity index (χ3n) is 4.77. The molecule has 4 nitrogen and oxygen atoms in total. The van der Waals surface area contributed by atoms with Crippen molar-refractivity contribution in [1.29, 1.82) is 0 Å². The van der Waals surface area contributed by atoms with Crippen LogP contribution in [0.2, 0.25) is 0 Å². The predicted molar refractivity (Wildman–Crippen MR) is 77.6 cm³/mol. The van der Waals surface area contributed by atoms with Gasteiger partial charge in [0.05, 0.1) is 12.0 Å². The smallest absolute Gasteiger partial charge is 0.236 e. The third kappa shape index (κ3) is 2.56. The molecule has 0 aromatic heterocycles. The number of nitrogens with zero attached hydrogens (tertiary/aromatic N) is 1. The number of carbonyl (C=O) groups excluding carboxylic acids is 3. The van der Waals surface area contributed by atoms with Gasteiger partial charge in [-0.05, 0) is 37.1 Å². The summed E-state index contributed by atoms with van der Waals surface area (Å²) in [6.45, 7) is -0.245. The zero-order valence-corrected chi connectivity index (χ0v) is 12.3. The molecule has 0 unspecified atom stereocenters. The zero-order valence-electron chi connectivity index (χ0n) is 12.3. The fourth-order valence-electron chi connectivity index (χ4n) is 3.51. The number of halogens is 1. The second-order valence-corrected chi connectivity index (χ2v) is 6.23. The molecule has 1 spiro atoms. The van der Waals surface area contributed by atoms with E-state index in [1.807, 2.05) is 0 Å². The Morgan fingerprint density at radius 1 is 1.09 bits per heavy atom. The second kappa shape index (κ2) is 5.63. The first-order valence-corrected chi connectivity index (χ1v) is 7.65. The Hall–Kier alpha value is -2.04. The minimum atomic E-state index is -0.571. The number of hydrogen-bond donors (Lipinski definition) is 0. The molecule has 1 aromatic carbocycles. The number of hydrogen-bond acceptors (Lipinski definition) is 3. The molecule has 1 heterocycles. The molecule has 2 fully saturated rings. The average molecular weight is 303 g/mol. The lowest BCUT2D eigenvalue weighted by Crippen LogP contribution is -2.39. The maximum atomic E-state index is 12.9. The van der Waals surface area contributed by atoms with Gasteiger partial charge in [-0.25, -0.2) is 4.39 Å². The number of imide groups is 1. The summed E-state index contributed by atoms with van der Waals surface area (Å²) in [6.07, 6.45) is 4.70. The molecular weight excluding hydrogens is 285 g/mol. The molecule has 2 amide bonds. The van der Waals surface area contributed by atoms with Crippen molar-refractivity contribution >= 4 is 17.6 Å². The number of Topliss-reactive ketones (excluding diaryl/α,β-unsaturated/α-hetero) is 1. The van der Waals surface area contributed by atoms with E-state index < -0.39 is 11.2 Å². The van der Waals surface area contributed by atoms with Crippen molar-refractivity contribution < 1.29 is 18.8 Å². The van der Waals surface area contributed by atoms with Gasteiger partial charge in [-0.3, -0.25) is 19.3 Å². The summed E-state index contributed by atoms with van der Waals surface area (Å²) in [4.78, 5) is 38.1. The number of amides is 2. The van der Waals surface area contributed by atoms with Gasteiger partial charge in [0.2, 0.25) is 11.8 Å². The van der Waals surface area contributed by atoms with E-state index in [1.54, 1.807) is 0 Å². The van der Waals surface area contributed by atoms with E-state index in [1.165, 1.54) is 24.3 Å². The first kappa shape index (κ1) is 14.9. The molecule has 1 aromatic rings. The van der Waals surface area contributed by atoms with Crippen LogP contribution in [0.4, 0.5) is 4.39 Å². The van der Waals surface area contributed by atoms with Crippen LogP contribution in [-0.4, -0.2) is 29.0 Å². The Bertz CT molecular complexity index is 617. The van der Waals surface area contributed by atoms with Gasteiger partial charge in [0.1, 0.15) is 5.82 Å². The summed E-state index contributed by atoms with van der Waals surface area (Å²) in [5.74, 6) is -1.23.